The average molecular weight is 483 g/mol. The van der Waals surface area contributed by atoms with Crippen LogP contribution in [0.1, 0.15) is 47.9 Å². The zero-order valence-corrected chi connectivity index (χ0v) is 20.6. The summed E-state index contributed by atoms with van der Waals surface area (Å²) in [5, 5.41) is 0.783. The molecule has 5 rings (SSSR count). The number of sulfonamides is 1. The minimum atomic E-state index is -3.81. The first-order valence-corrected chi connectivity index (χ1v) is 13.2. The summed E-state index contributed by atoms with van der Waals surface area (Å²) < 4.78 is 40.9. The van der Waals surface area contributed by atoms with Crippen molar-refractivity contribution in [2.24, 2.45) is 0 Å². The van der Waals surface area contributed by atoms with Crippen LogP contribution in [0.2, 0.25) is 0 Å². The lowest BCUT2D eigenvalue weighted by Crippen LogP contribution is -2.40. The molecule has 7 nitrogen and oxygen atoms in total. The molecule has 8 heteroatoms. The minimum absolute atomic E-state index is 0.0273. The summed E-state index contributed by atoms with van der Waals surface area (Å²) in [6, 6.07) is 9.06. The molecule has 1 saturated carbocycles. The van der Waals surface area contributed by atoms with E-state index in [1.807, 2.05) is 39.0 Å². The van der Waals surface area contributed by atoms with E-state index in [0.717, 1.165) is 47.8 Å². The Morgan fingerprint density at radius 3 is 2.21 bits per heavy atom. The van der Waals surface area contributed by atoms with E-state index in [0.29, 0.717) is 40.7 Å². The Morgan fingerprint density at radius 2 is 1.56 bits per heavy atom. The Bertz CT molecular complexity index is 1400. The van der Waals surface area contributed by atoms with E-state index in [1.165, 1.54) is 0 Å². The van der Waals surface area contributed by atoms with Crippen LogP contribution in [0.15, 0.2) is 40.0 Å². The van der Waals surface area contributed by atoms with Gasteiger partial charge >= 0.3 is 0 Å². The van der Waals surface area contributed by atoms with Crippen molar-refractivity contribution in [1.29, 1.82) is 0 Å². The Kier molecular flexibility index (Phi) is 5.90. The number of ether oxygens (including phenoxy) is 2. The van der Waals surface area contributed by atoms with Crippen LogP contribution in [0.3, 0.4) is 0 Å². The van der Waals surface area contributed by atoms with Crippen molar-refractivity contribution in [3.63, 3.8) is 0 Å². The van der Waals surface area contributed by atoms with Crippen LogP contribution in [0.4, 0.5) is 0 Å². The average Bonchev–Trinajstić information content (AvgIpc) is 3.29. The first-order chi connectivity index (χ1) is 16.2. The van der Waals surface area contributed by atoms with Gasteiger partial charge in [0.25, 0.3) is 5.56 Å². The third-order valence-electron chi connectivity index (χ3n) is 6.81. The first kappa shape index (κ1) is 22.9. The van der Waals surface area contributed by atoms with Gasteiger partial charge in [-0.25, -0.2) is 8.42 Å². The van der Waals surface area contributed by atoms with Gasteiger partial charge in [-0.2, -0.15) is 4.31 Å². The van der Waals surface area contributed by atoms with Crippen LogP contribution in [-0.4, -0.2) is 37.0 Å². The van der Waals surface area contributed by atoms with Crippen LogP contribution in [0.5, 0.6) is 11.5 Å². The molecule has 3 aromatic rings. The number of rotatable bonds is 5. The highest BCUT2D eigenvalue weighted by atomic mass is 32.2. The van der Waals surface area contributed by atoms with Gasteiger partial charge in [0.2, 0.25) is 10.0 Å². The first-order valence-electron chi connectivity index (χ1n) is 11.8. The van der Waals surface area contributed by atoms with E-state index in [4.69, 9.17) is 9.47 Å². The molecule has 2 heterocycles. The van der Waals surface area contributed by atoms with Crippen molar-refractivity contribution in [3.05, 3.63) is 62.9 Å². The van der Waals surface area contributed by atoms with E-state index < -0.39 is 10.0 Å². The number of hydrogen-bond donors (Lipinski definition) is 1. The van der Waals surface area contributed by atoms with E-state index in [-0.39, 0.29) is 18.1 Å². The number of pyridine rings is 1. The highest BCUT2D eigenvalue weighted by Gasteiger charge is 2.35. The van der Waals surface area contributed by atoms with Crippen molar-refractivity contribution >= 4 is 20.9 Å². The number of H-pyrrole nitrogens is 1. The summed E-state index contributed by atoms with van der Waals surface area (Å²) in [5.41, 5.74) is 3.26. The van der Waals surface area contributed by atoms with Crippen LogP contribution in [0, 0.1) is 20.8 Å². The number of nitrogens with one attached hydrogen (secondary N) is 1. The molecule has 2 aromatic carbocycles. The fourth-order valence-electron chi connectivity index (χ4n) is 5.37. The number of aromatic nitrogens is 1. The van der Waals surface area contributed by atoms with Crippen LogP contribution >= 0.6 is 0 Å². The fourth-order valence-corrected chi connectivity index (χ4v) is 7.45. The Labute approximate surface area is 199 Å². The second-order valence-electron chi connectivity index (χ2n) is 9.42. The van der Waals surface area contributed by atoms with E-state index in [1.54, 1.807) is 16.4 Å². The van der Waals surface area contributed by atoms with Crippen LogP contribution in [0.25, 0.3) is 10.9 Å². The number of aryl methyl sites for hydroxylation is 3. The molecule has 0 amide bonds. The summed E-state index contributed by atoms with van der Waals surface area (Å²) in [4.78, 5) is 16.3. The quantitative estimate of drug-likeness (QED) is 0.584. The van der Waals surface area contributed by atoms with Crippen molar-refractivity contribution in [2.75, 3.05) is 13.2 Å². The molecule has 1 fully saturated rings. The highest BCUT2D eigenvalue weighted by Crippen LogP contribution is 2.35. The topological polar surface area (TPSA) is 88.7 Å². The normalized spacial score (nSPS) is 16.5. The molecule has 0 unspecified atom stereocenters. The molecule has 0 bridgehead atoms. The number of nitrogens with zero attached hydrogens (tertiary/aromatic N) is 1. The summed E-state index contributed by atoms with van der Waals surface area (Å²) in [5.74, 6) is 1.23. The van der Waals surface area contributed by atoms with Crippen LogP contribution < -0.4 is 15.0 Å². The van der Waals surface area contributed by atoms with Crippen molar-refractivity contribution in [2.45, 2.75) is 63.9 Å². The summed E-state index contributed by atoms with van der Waals surface area (Å²) in [6.07, 6.45) is 3.57. The van der Waals surface area contributed by atoms with Crippen molar-refractivity contribution < 1.29 is 17.9 Å². The molecule has 0 radical (unpaired) electrons. The number of fused-ring (bicyclic) bond motifs is 2. The maximum Gasteiger partial charge on any atom is 0.252 e. The van der Waals surface area contributed by atoms with Gasteiger partial charge in [0.15, 0.2) is 11.5 Å². The maximum absolute atomic E-state index is 14.0. The predicted octanol–water partition coefficient (Wildman–Crippen LogP) is 4.36. The van der Waals surface area contributed by atoms with Crippen molar-refractivity contribution in [3.8, 4) is 11.5 Å². The molecule has 0 saturated heterocycles. The smallest absolute Gasteiger partial charge is 0.252 e. The molecule has 1 N–H and O–H groups in total. The van der Waals surface area contributed by atoms with Crippen LogP contribution in [-0.2, 0) is 16.6 Å². The molecule has 1 aliphatic carbocycles. The molecule has 180 valence electrons. The zero-order chi connectivity index (χ0) is 24.0. The predicted molar refractivity (Wildman–Crippen MR) is 131 cm³/mol. The zero-order valence-electron chi connectivity index (χ0n) is 19.8. The van der Waals surface area contributed by atoms with Gasteiger partial charge in [0.1, 0.15) is 13.2 Å². The molecule has 0 spiro atoms. The van der Waals surface area contributed by atoms with E-state index in [2.05, 4.69) is 4.98 Å². The maximum atomic E-state index is 14.0. The monoisotopic (exact) mass is 482 g/mol. The Balaban J connectivity index is 1.59. The van der Waals surface area contributed by atoms with Gasteiger partial charge in [0.05, 0.1) is 10.4 Å². The largest absolute Gasteiger partial charge is 0.486 e. The van der Waals surface area contributed by atoms with E-state index >= 15 is 0 Å². The molecule has 0 atom stereocenters. The number of aromatic amines is 1. The third-order valence-corrected chi connectivity index (χ3v) is 9.02. The van der Waals surface area contributed by atoms with Gasteiger partial charge in [-0.15, -0.1) is 0 Å². The van der Waals surface area contributed by atoms with Gasteiger partial charge in [0, 0.05) is 29.6 Å². The molecular weight excluding hydrogens is 452 g/mol. The lowest BCUT2D eigenvalue weighted by molar-refractivity contribution is 0.172. The lowest BCUT2D eigenvalue weighted by atomic mass is 10.1. The standard InChI is InChI=1S/C26H30N2O5S/c1-16-10-17(2)25(18(3)11-16)34(30,31)28(21-6-4-5-7-21)15-20-12-19-13-23-24(33-9-8-32-23)14-22(19)27-26(20)29/h10-14,21H,4-9,15H2,1-3H3,(H,27,29). The second-order valence-corrected chi connectivity index (χ2v) is 11.3. The Hall–Kier alpha value is -2.84. The number of benzene rings is 2. The highest BCUT2D eigenvalue weighted by molar-refractivity contribution is 7.89. The molecule has 34 heavy (non-hydrogen) atoms. The lowest BCUT2D eigenvalue weighted by Gasteiger charge is -2.29. The summed E-state index contributed by atoms with van der Waals surface area (Å²) in [7, 11) is -3.81. The summed E-state index contributed by atoms with van der Waals surface area (Å²) in [6.45, 7) is 6.61. The van der Waals surface area contributed by atoms with Gasteiger partial charge in [-0.3, -0.25) is 4.79 Å². The molecular formula is C26H30N2O5S. The molecule has 1 aliphatic heterocycles. The van der Waals surface area contributed by atoms with Crippen molar-refractivity contribution in [1.82, 2.24) is 9.29 Å². The molecule has 1 aromatic heterocycles. The van der Waals surface area contributed by atoms with Gasteiger partial charge in [-0.05, 0) is 56.9 Å². The summed E-state index contributed by atoms with van der Waals surface area (Å²) >= 11 is 0. The second kappa shape index (κ2) is 8.74. The van der Waals surface area contributed by atoms with Gasteiger partial charge in [-0.1, -0.05) is 30.5 Å². The number of hydrogen-bond acceptors (Lipinski definition) is 5. The third kappa shape index (κ3) is 4.09. The minimum Gasteiger partial charge on any atom is -0.486 e. The molecule has 2 aliphatic rings. The Morgan fingerprint density at radius 1 is 0.941 bits per heavy atom. The van der Waals surface area contributed by atoms with E-state index in [9.17, 15) is 13.2 Å². The van der Waals surface area contributed by atoms with Gasteiger partial charge < -0.3 is 14.5 Å². The SMILES string of the molecule is Cc1cc(C)c(S(=O)(=O)N(Cc2cc3cc4c(cc3[nH]c2=O)OCCO4)C2CCCC2)c(C)c1. The fraction of sp³-hybridized carbons (Fsp3) is 0.423.